The van der Waals surface area contributed by atoms with Crippen molar-refractivity contribution in [1.82, 2.24) is 4.90 Å². The average Bonchev–Trinajstić information content (AvgIpc) is 3.25. The quantitative estimate of drug-likeness (QED) is 0.631. The number of nitrogens with zero attached hydrogens (tertiary/aromatic N) is 2. The van der Waals surface area contributed by atoms with Crippen molar-refractivity contribution in [2.75, 3.05) is 13.1 Å². The molecule has 1 aromatic heterocycles. The molecular formula is C18H16N2O2S. The molecule has 4 nitrogen and oxygen atoms in total. The van der Waals surface area contributed by atoms with Crippen LogP contribution in [-0.4, -0.2) is 23.9 Å². The minimum absolute atomic E-state index is 0.123. The Morgan fingerprint density at radius 2 is 1.91 bits per heavy atom. The van der Waals surface area contributed by atoms with Crippen molar-refractivity contribution in [3.63, 3.8) is 0 Å². The maximum Gasteiger partial charge on any atom is 0.264 e. The van der Waals surface area contributed by atoms with E-state index in [1.807, 2.05) is 42.5 Å². The molecule has 0 unspecified atom stereocenters. The van der Waals surface area contributed by atoms with Gasteiger partial charge in [0.1, 0.15) is 17.4 Å². The Labute approximate surface area is 139 Å². The number of benzene rings is 1. The summed E-state index contributed by atoms with van der Waals surface area (Å²) < 4.78 is 5.70. The van der Waals surface area contributed by atoms with Crippen molar-refractivity contribution in [2.45, 2.75) is 22.8 Å². The number of rotatable bonds is 4. The molecule has 1 saturated heterocycles. The predicted molar refractivity (Wildman–Crippen MR) is 88.7 cm³/mol. The van der Waals surface area contributed by atoms with Gasteiger partial charge in [-0.2, -0.15) is 5.26 Å². The lowest BCUT2D eigenvalue weighted by atomic mass is 10.2. The fourth-order valence-corrected chi connectivity index (χ4v) is 3.25. The molecule has 2 aromatic rings. The van der Waals surface area contributed by atoms with E-state index in [0.717, 1.165) is 35.9 Å². The molecule has 0 aliphatic carbocycles. The first-order valence-corrected chi connectivity index (χ1v) is 8.32. The Kier molecular flexibility index (Phi) is 4.84. The van der Waals surface area contributed by atoms with Gasteiger partial charge in [0.2, 0.25) is 0 Å². The van der Waals surface area contributed by atoms with E-state index < -0.39 is 0 Å². The lowest BCUT2D eigenvalue weighted by molar-refractivity contribution is -0.125. The number of nitriles is 1. The number of likely N-dealkylation sites (tertiary alicyclic amines) is 1. The Morgan fingerprint density at radius 3 is 2.61 bits per heavy atom. The third-order valence-electron chi connectivity index (χ3n) is 3.59. The Bertz CT molecular complexity index is 753. The molecule has 1 fully saturated rings. The largest absolute Gasteiger partial charge is 0.450 e. The number of hydrogen-bond acceptors (Lipinski definition) is 4. The molecule has 116 valence electrons. The summed E-state index contributed by atoms with van der Waals surface area (Å²) in [6.45, 7) is 1.45. The maximum absolute atomic E-state index is 12.3. The summed E-state index contributed by atoms with van der Waals surface area (Å²) in [6, 6.07) is 15.5. The Morgan fingerprint density at radius 1 is 1.17 bits per heavy atom. The van der Waals surface area contributed by atoms with Crippen LogP contribution in [0.15, 0.2) is 62.4 Å². The van der Waals surface area contributed by atoms with Crippen molar-refractivity contribution < 1.29 is 9.21 Å². The SMILES string of the molecule is N#C/C(=C\c1ccc(Sc2ccccc2)o1)C(=O)N1CCCC1. The second kappa shape index (κ2) is 7.21. The van der Waals surface area contributed by atoms with Crippen LogP contribution in [0.25, 0.3) is 6.08 Å². The van der Waals surface area contributed by atoms with E-state index >= 15 is 0 Å². The lowest BCUT2D eigenvalue weighted by Crippen LogP contribution is -2.28. The fraction of sp³-hybridized carbons (Fsp3) is 0.222. The smallest absolute Gasteiger partial charge is 0.264 e. The minimum atomic E-state index is -0.210. The van der Waals surface area contributed by atoms with Gasteiger partial charge in [0.15, 0.2) is 5.09 Å². The van der Waals surface area contributed by atoms with Crippen molar-refractivity contribution in [3.8, 4) is 6.07 Å². The zero-order chi connectivity index (χ0) is 16.1. The molecule has 1 aliphatic heterocycles. The summed E-state index contributed by atoms with van der Waals surface area (Å²) in [7, 11) is 0. The summed E-state index contributed by atoms with van der Waals surface area (Å²) in [5.41, 5.74) is 0.123. The summed E-state index contributed by atoms with van der Waals surface area (Å²) in [6.07, 6.45) is 3.53. The topological polar surface area (TPSA) is 57.2 Å². The van der Waals surface area contributed by atoms with Crippen molar-refractivity contribution in [2.24, 2.45) is 0 Å². The van der Waals surface area contributed by atoms with E-state index in [1.54, 1.807) is 11.0 Å². The standard InChI is InChI=1S/C18H16N2O2S/c19-13-14(18(21)20-10-4-5-11-20)12-15-8-9-17(22-15)23-16-6-2-1-3-7-16/h1-3,6-9,12H,4-5,10-11H2/b14-12+. The first kappa shape index (κ1) is 15.4. The van der Waals surface area contributed by atoms with Crippen LogP contribution in [0.1, 0.15) is 18.6 Å². The van der Waals surface area contributed by atoms with Gasteiger partial charge in [-0.3, -0.25) is 4.79 Å². The van der Waals surface area contributed by atoms with E-state index in [4.69, 9.17) is 4.42 Å². The molecule has 1 aromatic carbocycles. The van der Waals surface area contributed by atoms with Crippen LogP contribution in [0, 0.1) is 11.3 Å². The molecule has 0 bridgehead atoms. The van der Waals surface area contributed by atoms with Gasteiger partial charge in [-0.15, -0.1) is 0 Å². The summed E-state index contributed by atoms with van der Waals surface area (Å²) >= 11 is 1.50. The highest BCUT2D eigenvalue weighted by atomic mass is 32.2. The predicted octanol–water partition coefficient (Wildman–Crippen LogP) is 3.96. The number of amides is 1. The van der Waals surface area contributed by atoms with Gasteiger partial charge in [0.25, 0.3) is 5.91 Å². The Balaban J connectivity index is 1.73. The van der Waals surface area contributed by atoms with Gasteiger partial charge in [-0.05, 0) is 37.1 Å². The molecule has 0 spiro atoms. The zero-order valence-electron chi connectivity index (χ0n) is 12.6. The van der Waals surface area contributed by atoms with Crippen molar-refractivity contribution >= 4 is 23.7 Å². The zero-order valence-corrected chi connectivity index (χ0v) is 13.4. The fourth-order valence-electron chi connectivity index (χ4n) is 2.45. The normalized spacial score (nSPS) is 14.7. The van der Waals surface area contributed by atoms with E-state index in [2.05, 4.69) is 0 Å². The third kappa shape index (κ3) is 3.85. The maximum atomic E-state index is 12.3. The van der Waals surface area contributed by atoms with Crippen LogP contribution in [0.5, 0.6) is 0 Å². The van der Waals surface area contributed by atoms with Crippen LogP contribution in [0.4, 0.5) is 0 Å². The molecule has 0 atom stereocenters. The van der Waals surface area contributed by atoms with Crippen LogP contribution < -0.4 is 0 Å². The first-order chi connectivity index (χ1) is 11.3. The summed E-state index contributed by atoms with van der Waals surface area (Å²) in [5, 5.41) is 9.98. The molecule has 3 rings (SSSR count). The summed E-state index contributed by atoms with van der Waals surface area (Å²) in [5.74, 6) is 0.311. The first-order valence-electron chi connectivity index (χ1n) is 7.50. The van der Waals surface area contributed by atoms with E-state index in [0.29, 0.717) is 5.76 Å². The molecule has 23 heavy (non-hydrogen) atoms. The van der Waals surface area contributed by atoms with E-state index in [1.165, 1.54) is 17.8 Å². The highest BCUT2D eigenvalue weighted by Crippen LogP contribution is 2.29. The molecule has 0 saturated carbocycles. The molecule has 2 heterocycles. The second-order valence-corrected chi connectivity index (χ2v) is 6.32. The highest BCUT2D eigenvalue weighted by Gasteiger charge is 2.21. The Hall–Kier alpha value is -2.45. The monoisotopic (exact) mass is 324 g/mol. The van der Waals surface area contributed by atoms with Crippen LogP contribution in [0.3, 0.4) is 0 Å². The number of furan rings is 1. The van der Waals surface area contributed by atoms with Crippen LogP contribution in [0.2, 0.25) is 0 Å². The van der Waals surface area contributed by atoms with Gasteiger partial charge >= 0.3 is 0 Å². The lowest BCUT2D eigenvalue weighted by Gasteiger charge is -2.13. The van der Waals surface area contributed by atoms with Gasteiger partial charge in [0.05, 0.1) is 0 Å². The molecular weight excluding hydrogens is 308 g/mol. The van der Waals surface area contributed by atoms with Gasteiger partial charge in [-0.25, -0.2) is 0 Å². The number of hydrogen-bond donors (Lipinski definition) is 0. The van der Waals surface area contributed by atoms with Gasteiger partial charge in [-0.1, -0.05) is 30.0 Å². The number of carbonyl (C=O) groups is 1. The molecule has 1 amide bonds. The molecule has 5 heteroatoms. The van der Waals surface area contributed by atoms with Gasteiger partial charge < -0.3 is 9.32 Å². The third-order valence-corrected chi connectivity index (χ3v) is 4.52. The second-order valence-electron chi connectivity index (χ2n) is 5.24. The molecule has 0 radical (unpaired) electrons. The average molecular weight is 324 g/mol. The van der Waals surface area contributed by atoms with Gasteiger partial charge in [0, 0.05) is 24.1 Å². The van der Waals surface area contributed by atoms with E-state index in [9.17, 15) is 10.1 Å². The summed E-state index contributed by atoms with van der Waals surface area (Å²) in [4.78, 5) is 15.1. The molecule has 1 aliphatic rings. The van der Waals surface area contributed by atoms with Crippen LogP contribution in [-0.2, 0) is 4.79 Å². The minimum Gasteiger partial charge on any atom is -0.450 e. The van der Waals surface area contributed by atoms with E-state index in [-0.39, 0.29) is 11.5 Å². The molecule has 0 N–H and O–H groups in total. The number of carbonyl (C=O) groups excluding carboxylic acids is 1. The van der Waals surface area contributed by atoms with Crippen molar-refractivity contribution in [1.29, 1.82) is 5.26 Å². The highest BCUT2D eigenvalue weighted by molar-refractivity contribution is 7.99. The van der Waals surface area contributed by atoms with Crippen LogP contribution >= 0.6 is 11.8 Å². The van der Waals surface area contributed by atoms with Crippen molar-refractivity contribution in [3.05, 3.63) is 53.8 Å².